The Bertz CT molecular complexity index is 2240. The van der Waals surface area contributed by atoms with E-state index in [0.717, 1.165) is 71.5 Å². The van der Waals surface area contributed by atoms with E-state index in [1.807, 2.05) is 31.0 Å². The molecule has 56 heavy (non-hydrogen) atoms. The number of hydrogen-bond donors (Lipinski definition) is 2. The zero-order valence-corrected chi connectivity index (χ0v) is 33.4. The summed E-state index contributed by atoms with van der Waals surface area (Å²) in [6.45, 7) is 9.67. The van der Waals surface area contributed by atoms with Crippen molar-refractivity contribution in [1.29, 1.82) is 5.26 Å². The van der Waals surface area contributed by atoms with Gasteiger partial charge in [0.25, 0.3) is 0 Å². The van der Waals surface area contributed by atoms with Crippen molar-refractivity contribution in [2.75, 3.05) is 58.9 Å². The van der Waals surface area contributed by atoms with Gasteiger partial charge in [0.05, 0.1) is 26.3 Å². The van der Waals surface area contributed by atoms with E-state index in [9.17, 15) is 20.0 Å². The van der Waals surface area contributed by atoms with Crippen LogP contribution in [0, 0.1) is 22.7 Å². The quantitative estimate of drug-likeness (QED) is 0.257. The highest BCUT2D eigenvalue weighted by atomic mass is 16.6. The molecule has 2 N–H and O–H groups in total. The standard InChI is InChI=1S/C45H53N5O6/c1-7-28-20-29-23-43(26-46,37-31(14-18-49(24-28)25-29)30-12-9-10-13-34(30)47-37)33-21-32-35(22-36(33)54-5)48(4)39-44(32)16-19-50-17-11-15-42(8-2,38(44)50)40(56-27(3)51)45(39,53)41(52)55-6/h9-13,15,20-22,29,38-40,47,53H,7-8,14,16-19,23-25H2,1-6H3/t29-,38-,39?,40+,42+,43-,44+,45?/m0/s1. The van der Waals surface area contributed by atoms with Crippen molar-refractivity contribution in [3.8, 4) is 11.8 Å². The number of fused-ring (bicyclic) bond motifs is 6. The zero-order valence-electron chi connectivity index (χ0n) is 33.4. The number of aliphatic hydroxyl groups is 1. The zero-order chi connectivity index (χ0) is 39.4. The number of carbonyl (C=O) groups excluding carboxylic acids is 2. The van der Waals surface area contributed by atoms with Crippen molar-refractivity contribution < 1.29 is 28.9 Å². The van der Waals surface area contributed by atoms with E-state index in [1.54, 1.807) is 7.11 Å². The van der Waals surface area contributed by atoms with Gasteiger partial charge in [-0.1, -0.05) is 55.8 Å². The smallest absolute Gasteiger partial charge is 0.344 e. The Hall–Kier alpha value is -4.63. The molecule has 294 valence electrons. The largest absolute Gasteiger partial charge is 0.496 e. The number of aromatic nitrogens is 1. The van der Waals surface area contributed by atoms with E-state index in [1.165, 1.54) is 19.6 Å². The molecule has 1 saturated carbocycles. The van der Waals surface area contributed by atoms with Crippen LogP contribution in [-0.4, -0.2) is 110 Å². The number of H-pyrrole nitrogens is 1. The van der Waals surface area contributed by atoms with Crippen LogP contribution in [0.15, 0.2) is 60.2 Å². The van der Waals surface area contributed by atoms with Crippen molar-refractivity contribution in [2.45, 2.75) is 87.5 Å². The molecule has 1 aromatic heterocycles. The van der Waals surface area contributed by atoms with Crippen LogP contribution in [0.2, 0.25) is 0 Å². The molecule has 2 aromatic carbocycles. The first-order valence-corrected chi connectivity index (χ1v) is 20.3. The number of ether oxygens (including phenoxy) is 3. The van der Waals surface area contributed by atoms with Gasteiger partial charge in [-0.2, -0.15) is 5.26 Å². The predicted molar refractivity (Wildman–Crippen MR) is 213 cm³/mol. The van der Waals surface area contributed by atoms with Gasteiger partial charge in [0.1, 0.15) is 11.2 Å². The molecule has 1 spiro atoms. The molecule has 9 atom stereocenters. The molecule has 2 fully saturated rings. The number of esters is 2. The van der Waals surface area contributed by atoms with Crippen LogP contribution in [0.25, 0.3) is 10.9 Å². The lowest BCUT2D eigenvalue weighted by atomic mass is 9.47. The third-order valence-corrected chi connectivity index (χ3v) is 14.7. The van der Waals surface area contributed by atoms with Crippen LogP contribution in [0.1, 0.15) is 68.8 Å². The van der Waals surface area contributed by atoms with Gasteiger partial charge in [-0.25, -0.2) is 4.79 Å². The molecule has 0 amide bonds. The number of carbonyl (C=O) groups is 2. The molecule has 6 aliphatic rings. The molecular formula is C45H53N5O6. The molecule has 6 heterocycles. The van der Waals surface area contributed by atoms with Crippen LogP contribution in [0.3, 0.4) is 0 Å². The van der Waals surface area contributed by atoms with Crippen LogP contribution < -0.4 is 9.64 Å². The van der Waals surface area contributed by atoms with Gasteiger partial charge in [-0.3, -0.25) is 14.6 Å². The fourth-order valence-electron chi connectivity index (χ4n) is 12.7. The molecule has 11 heteroatoms. The molecule has 3 aromatic rings. The van der Waals surface area contributed by atoms with Gasteiger partial charge >= 0.3 is 11.9 Å². The van der Waals surface area contributed by atoms with Gasteiger partial charge < -0.3 is 29.2 Å². The second-order valence-corrected chi connectivity index (χ2v) is 17.1. The normalized spacial score (nSPS) is 35.5. The second kappa shape index (κ2) is 12.9. The lowest BCUT2D eigenvalue weighted by molar-refractivity contribution is -0.228. The van der Waals surface area contributed by atoms with Crippen molar-refractivity contribution in [3.63, 3.8) is 0 Å². The van der Waals surface area contributed by atoms with Crippen LogP contribution in [-0.2, 0) is 36.3 Å². The summed E-state index contributed by atoms with van der Waals surface area (Å²) in [5.41, 5.74) is 1.88. The molecular weight excluding hydrogens is 707 g/mol. The first-order chi connectivity index (χ1) is 27.0. The predicted octanol–water partition coefficient (Wildman–Crippen LogP) is 5.15. The van der Waals surface area contributed by atoms with E-state index in [0.29, 0.717) is 38.1 Å². The fourth-order valence-corrected chi connectivity index (χ4v) is 12.7. The van der Waals surface area contributed by atoms with Gasteiger partial charge in [0.2, 0.25) is 5.60 Å². The summed E-state index contributed by atoms with van der Waals surface area (Å²) < 4.78 is 18.0. The highest BCUT2D eigenvalue weighted by molar-refractivity contribution is 5.88. The van der Waals surface area contributed by atoms with Crippen LogP contribution in [0.5, 0.6) is 5.75 Å². The summed E-state index contributed by atoms with van der Waals surface area (Å²) in [4.78, 5) is 38.0. The minimum atomic E-state index is -2.24. The lowest BCUT2D eigenvalue weighted by Crippen LogP contribution is -2.81. The van der Waals surface area contributed by atoms with Crippen molar-refractivity contribution in [2.24, 2.45) is 11.3 Å². The molecule has 11 nitrogen and oxygen atoms in total. The molecule has 3 unspecified atom stereocenters. The second-order valence-electron chi connectivity index (χ2n) is 17.1. The maximum Gasteiger partial charge on any atom is 0.344 e. The van der Waals surface area contributed by atoms with Gasteiger partial charge in [-0.05, 0) is 67.8 Å². The average Bonchev–Trinajstić information content (AvgIpc) is 3.87. The van der Waals surface area contributed by atoms with E-state index in [2.05, 4.69) is 70.3 Å². The molecule has 0 radical (unpaired) electrons. The summed E-state index contributed by atoms with van der Waals surface area (Å²) in [5.74, 6) is -0.725. The van der Waals surface area contributed by atoms with E-state index in [4.69, 9.17) is 14.2 Å². The van der Waals surface area contributed by atoms with E-state index in [-0.39, 0.29) is 12.0 Å². The molecule has 9 rings (SSSR count). The number of anilines is 1. The van der Waals surface area contributed by atoms with Gasteiger partial charge in [-0.15, -0.1) is 0 Å². The number of nitriles is 1. The number of nitrogens with zero attached hydrogens (tertiary/aromatic N) is 4. The number of rotatable bonds is 6. The summed E-state index contributed by atoms with van der Waals surface area (Å²) >= 11 is 0. The number of nitrogens with one attached hydrogen (secondary N) is 1. The monoisotopic (exact) mass is 759 g/mol. The third-order valence-electron chi connectivity index (χ3n) is 14.7. The topological polar surface area (TPSA) is 131 Å². The first kappa shape index (κ1) is 37.0. The van der Waals surface area contributed by atoms with Crippen molar-refractivity contribution >= 4 is 28.5 Å². The fraction of sp³-hybridized carbons (Fsp3) is 0.533. The van der Waals surface area contributed by atoms with Gasteiger partial charge in [0.15, 0.2) is 6.10 Å². The highest BCUT2D eigenvalue weighted by Crippen LogP contribution is 2.68. The first-order valence-electron chi connectivity index (χ1n) is 20.3. The van der Waals surface area contributed by atoms with Crippen molar-refractivity contribution in [3.05, 3.63) is 82.6 Å². The third kappa shape index (κ3) is 4.66. The van der Waals surface area contributed by atoms with Gasteiger partial charge in [0, 0.05) is 90.9 Å². The molecule has 5 aliphatic heterocycles. The van der Waals surface area contributed by atoms with Crippen LogP contribution >= 0.6 is 0 Å². The lowest BCUT2D eigenvalue weighted by Gasteiger charge is -2.63. The maximum absolute atomic E-state index is 14.3. The van der Waals surface area contributed by atoms with E-state index >= 15 is 0 Å². The SMILES string of the molecule is CCC1=C[C@@H]2CN(CCc3c([nH]c4ccccc34)[C@@](C#N)(c3cc4c(cc3OC)N(C)C3C(O)(C(=O)OC)[C@H](OC(C)=O)[C@]5(CC)C=CCN6CC[C@]43[C@@H]65)C2)C1. The Morgan fingerprint density at radius 1 is 1.11 bits per heavy atom. The number of aromatic amines is 1. The summed E-state index contributed by atoms with van der Waals surface area (Å²) in [5, 5.41) is 26.3. The number of para-hydroxylation sites is 1. The summed E-state index contributed by atoms with van der Waals surface area (Å²) in [7, 11) is 4.84. The average molecular weight is 760 g/mol. The van der Waals surface area contributed by atoms with Crippen molar-refractivity contribution in [1.82, 2.24) is 14.8 Å². The molecule has 1 aliphatic carbocycles. The number of likely N-dealkylation sites (N-methyl/N-ethyl adjacent to an activating group) is 1. The Morgan fingerprint density at radius 3 is 2.62 bits per heavy atom. The highest BCUT2D eigenvalue weighted by Gasteiger charge is 2.80. The number of hydrogen-bond acceptors (Lipinski definition) is 10. The Morgan fingerprint density at radius 2 is 1.91 bits per heavy atom. The molecule has 2 bridgehead atoms. The Labute approximate surface area is 328 Å². The minimum Gasteiger partial charge on any atom is -0.496 e. The van der Waals surface area contributed by atoms with Crippen LogP contribution in [0.4, 0.5) is 5.69 Å². The van der Waals surface area contributed by atoms with E-state index < -0.39 is 45.9 Å². The Balaban J connectivity index is 1.35. The summed E-state index contributed by atoms with van der Waals surface area (Å²) in [6.07, 6.45) is 8.79. The number of benzene rings is 2. The number of methoxy groups -OCH3 is 2. The maximum atomic E-state index is 14.3. The Kier molecular flexibility index (Phi) is 8.55. The minimum absolute atomic E-state index is 0.115. The molecule has 1 saturated heterocycles. The summed E-state index contributed by atoms with van der Waals surface area (Å²) in [6, 6.07) is 14.4.